The summed E-state index contributed by atoms with van der Waals surface area (Å²) in [6.45, 7) is 1.78. The lowest BCUT2D eigenvalue weighted by atomic mass is 10.2. The van der Waals surface area contributed by atoms with Gasteiger partial charge in [0.25, 0.3) is 5.91 Å². The number of hydrogen-bond acceptors (Lipinski definition) is 3. The third kappa shape index (κ3) is 4.29. The number of aryl methyl sites for hydroxylation is 1. The molecule has 6 heteroatoms. The number of benzene rings is 2. The molecule has 0 radical (unpaired) electrons. The van der Waals surface area contributed by atoms with Gasteiger partial charge in [0.1, 0.15) is 11.5 Å². The van der Waals surface area contributed by atoms with Crippen LogP contribution in [-0.4, -0.2) is 19.6 Å². The molecule has 1 amide bonds. The van der Waals surface area contributed by atoms with Crippen LogP contribution in [0, 0.1) is 6.92 Å². The van der Waals surface area contributed by atoms with Crippen molar-refractivity contribution < 1.29 is 14.3 Å². The van der Waals surface area contributed by atoms with Crippen molar-refractivity contribution in [3.63, 3.8) is 0 Å². The number of nitrogens with one attached hydrogen (secondary N) is 1. The van der Waals surface area contributed by atoms with Crippen LogP contribution in [0.15, 0.2) is 36.4 Å². The SMILES string of the molecule is COc1cc(C)ccc1NC(=O)COc1ccc(Cl)cc1Cl. The smallest absolute Gasteiger partial charge is 0.262 e. The lowest BCUT2D eigenvalue weighted by Crippen LogP contribution is -2.20. The highest BCUT2D eigenvalue weighted by molar-refractivity contribution is 6.35. The lowest BCUT2D eigenvalue weighted by molar-refractivity contribution is -0.118. The summed E-state index contributed by atoms with van der Waals surface area (Å²) in [5.74, 6) is 0.683. The second-order valence-corrected chi connectivity index (χ2v) is 5.46. The average molecular weight is 340 g/mol. The van der Waals surface area contributed by atoms with Gasteiger partial charge in [0, 0.05) is 5.02 Å². The molecule has 0 atom stereocenters. The van der Waals surface area contributed by atoms with E-state index in [4.69, 9.17) is 32.7 Å². The van der Waals surface area contributed by atoms with Gasteiger partial charge in [-0.2, -0.15) is 0 Å². The van der Waals surface area contributed by atoms with Crippen LogP contribution >= 0.6 is 23.2 Å². The molecule has 2 aromatic rings. The largest absolute Gasteiger partial charge is 0.495 e. The highest BCUT2D eigenvalue weighted by Gasteiger charge is 2.10. The molecule has 0 saturated carbocycles. The number of carbonyl (C=O) groups is 1. The summed E-state index contributed by atoms with van der Waals surface area (Å²) in [6, 6.07) is 10.3. The van der Waals surface area contributed by atoms with E-state index < -0.39 is 0 Å². The Balaban J connectivity index is 1.98. The van der Waals surface area contributed by atoms with E-state index in [1.807, 2.05) is 19.1 Å². The van der Waals surface area contributed by atoms with E-state index in [1.165, 1.54) is 0 Å². The number of rotatable bonds is 5. The van der Waals surface area contributed by atoms with E-state index in [0.29, 0.717) is 27.2 Å². The molecule has 4 nitrogen and oxygen atoms in total. The minimum atomic E-state index is -0.312. The second-order valence-electron chi connectivity index (χ2n) is 4.62. The maximum atomic E-state index is 12.0. The van der Waals surface area contributed by atoms with Gasteiger partial charge in [-0.15, -0.1) is 0 Å². The third-order valence-electron chi connectivity index (χ3n) is 2.88. The van der Waals surface area contributed by atoms with E-state index in [2.05, 4.69) is 5.32 Å². The van der Waals surface area contributed by atoms with Gasteiger partial charge >= 0.3 is 0 Å². The molecule has 0 aromatic heterocycles. The quantitative estimate of drug-likeness (QED) is 0.881. The van der Waals surface area contributed by atoms with Gasteiger partial charge in [0.05, 0.1) is 17.8 Å². The maximum Gasteiger partial charge on any atom is 0.262 e. The van der Waals surface area contributed by atoms with Gasteiger partial charge in [-0.1, -0.05) is 29.3 Å². The second kappa shape index (κ2) is 7.38. The molecule has 0 aliphatic heterocycles. The van der Waals surface area contributed by atoms with E-state index in [0.717, 1.165) is 5.56 Å². The Bertz CT molecular complexity index is 689. The van der Waals surface area contributed by atoms with Crippen LogP contribution in [0.5, 0.6) is 11.5 Å². The molecule has 0 unspecified atom stereocenters. The summed E-state index contributed by atoms with van der Waals surface area (Å²) < 4.78 is 10.6. The first-order chi connectivity index (χ1) is 10.5. The average Bonchev–Trinajstić information content (AvgIpc) is 2.48. The fourth-order valence-corrected chi connectivity index (χ4v) is 2.29. The Morgan fingerprint density at radius 2 is 1.91 bits per heavy atom. The zero-order chi connectivity index (χ0) is 16.1. The van der Waals surface area contributed by atoms with Crippen LogP contribution < -0.4 is 14.8 Å². The third-order valence-corrected chi connectivity index (χ3v) is 3.41. The molecule has 2 rings (SSSR count). The Morgan fingerprint density at radius 1 is 1.14 bits per heavy atom. The molecular weight excluding hydrogens is 325 g/mol. The maximum absolute atomic E-state index is 12.0. The Kier molecular flexibility index (Phi) is 5.52. The lowest BCUT2D eigenvalue weighted by Gasteiger charge is -2.12. The van der Waals surface area contributed by atoms with E-state index in [9.17, 15) is 4.79 Å². The van der Waals surface area contributed by atoms with E-state index >= 15 is 0 Å². The Labute approximate surface area is 138 Å². The molecule has 0 aliphatic carbocycles. The number of halogens is 2. The predicted molar refractivity (Wildman–Crippen MR) is 88.3 cm³/mol. The predicted octanol–water partition coefficient (Wildman–Crippen LogP) is 4.33. The Morgan fingerprint density at radius 3 is 2.59 bits per heavy atom. The van der Waals surface area contributed by atoms with Crippen LogP contribution in [-0.2, 0) is 4.79 Å². The minimum absolute atomic E-state index is 0.168. The van der Waals surface area contributed by atoms with Crippen LogP contribution in [0.1, 0.15) is 5.56 Å². The molecule has 0 aliphatic rings. The van der Waals surface area contributed by atoms with Crippen molar-refractivity contribution in [3.8, 4) is 11.5 Å². The first kappa shape index (κ1) is 16.5. The van der Waals surface area contributed by atoms with Crippen molar-refractivity contribution in [1.29, 1.82) is 0 Å². The highest BCUT2D eigenvalue weighted by atomic mass is 35.5. The van der Waals surface area contributed by atoms with Crippen LogP contribution in [0.3, 0.4) is 0 Å². The minimum Gasteiger partial charge on any atom is -0.495 e. The Hall–Kier alpha value is -1.91. The van der Waals surface area contributed by atoms with Crippen molar-refractivity contribution in [2.45, 2.75) is 6.92 Å². The van der Waals surface area contributed by atoms with Crippen molar-refractivity contribution in [2.75, 3.05) is 19.0 Å². The molecule has 0 bridgehead atoms. The van der Waals surface area contributed by atoms with Gasteiger partial charge in [-0.05, 0) is 42.8 Å². The molecule has 22 heavy (non-hydrogen) atoms. The molecule has 0 saturated heterocycles. The zero-order valence-electron chi connectivity index (χ0n) is 12.2. The number of carbonyl (C=O) groups excluding carboxylic acids is 1. The van der Waals surface area contributed by atoms with Crippen LogP contribution in [0.4, 0.5) is 5.69 Å². The summed E-state index contributed by atoms with van der Waals surface area (Å²) >= 11 is 11.8. The van der Waals surface area contributed by atoms with Crippen molar-refractivity contribution in [3.05, 3.63) is 52.0 Å². The molecule has 2 aromatic carbocycles. The van der Waals surface area contributed by atoms with Crippen molar-refractivity contribution in [2.24, 2.45) is 0 Å². The van der Waals surface area contributed by atoms with Gasteiger partial charge < -0.3 is 14.8 Å². The van der Waals surface area contributed by atoms with Gasteiger partial charge in [-0.3, -0.25) is 4.79 Å². The fourth-order valence-electron chi connectivity index (χ4n) is 1.82. The topological polar surface area (TPSA) is 47.6 Å². The number of hydrogen-bond donors (Lipinski definition) is 1. The molecule has 0 fully saturated rings. The van der Waals surface area contributed by atoms with E-state index in [1.54, 1.807) is 31.4 Å². The fraction of sp³-hybridized carbons (Fsp3) is 0.188. The van der Waals surface area contributed by atoms with E-state index in [-0.39, 0.29) is 12.5 Å². The van der Waals surface area contributed by atoms with Crippen LogP contribution in [0.25, 0.3) is 0 Å². The summed E-state index contributed by atoms with van der Waals surface area (Å²) in [6.07, 6.45) is 0. The van der Waals surface area contributed by atoms with Crippen LogP contribution in [0.2, 0.25) is 10.0 Å². The summed E-state index contributed by atoms with van der Waals surface area (Å²) in [5, 5.41) is 3.59. The normalized spacial score (nSPS) is 10.2. The molecule has 0 heterocycles. The van der Waals surface area contributed by atoms with Gasteiger partial charge in [-0.25, -0.2) is 0 Å². The summed E-state index contributed by atoms with van der Waals surface area (Å²) in [5.41, 5.74) is 1.63. The first-order valence-corrected chi connectivity index (χ1v) is 7.27. The molecule has 0 spiro atoms. The van der Waals surface area contributed by atoms with Gasteiger partial charge in [0.2, 0.25) is 0 Å². The molecular formula is C16H15Cl2NO3. The molecule has 1 N–H and O–H groups in total. The monoisotopic (exact) mass is 339 g/mol. The number of anilines is 1. The number of ether oxygens (including phenoxy) is 2. The zero-order valence-corrected chi connectivity index (χ0v) is 13.7. The summed E-state index contributed by atoms with van der Waals surface area (Å²) in [7, 11) is 1.55. The van der Waals surface area contributed by atoms with Crippen molar-refractivity contribution in [1.82, 2.24) is 0 Å². The first-order valence-electron chi connectivity index (χ1n) is 6.52. The molecule has 116 valence electrons. The standard InChI is InChI=1S/C16H15Cl2NO3/c1-10-3-5-13(15(7-10)21-2)19-16(20)9-22-14-6-4-11(17)8-12(14)18/h3-8H,9H2,1-2H3,(H,19,20). The summed E-state index contributed by atoms with van der Waals surface area (Å²) in [4.78, 5) is 12.0. The van der Waals surface area contributed by atoms with Gasteiger partial charge in [0.15, 0.2) is 6.61 Å². The van der Waals surface area contributed by atoms with Crippen molar-refractivity contribution >= 4 is 34.8 Å². The highest BCUT2D eigenvalue weighted by Crippen LogP contribution is 2.28. The number of methoxy groups -OCH3 is 1. The number of amides is 1.